The van der Waals surface area contributed by atoms with Crippen molar-refractivity contribution in [1.29, 1.82) is 0 Å². The molecule has 40 heavy (non-hydrogen) atoms. The predicted molar refractivity (Wildman–Crippen MR) is 152 cm³/mol. The molecule has 1 aromatic carbocycles. The number of benzene rings is 1. The molecule has 8 nitrogen and oxygen atoms in total. The van der Waals surface area contributed by atoms with Crippen molar-refractivity contribution in [1.82, 2.24) is 24.8 Å². The van der Waals surface area contributed by atoms with Crippen LogP contribution in [0.5, 0.6) is 0 Å². The van der Waals surface area contributed by atoms with Crippen molar-refractivity contribution in [3.63, 3.8) is 0 Å². The highest BCUT2D eigenvalue weighted by molar-refractivity contribution is 6.06. The average Bonchev–Trinajstić information content (AvgIpc) is 3.10. The van der Waals surface area contributed by atoms with Gasteiger partial charge in [-0.05, 0) is 68.3 Å². The van der Waals surface area contributed by atoms with E-state index in [1.807, 2.05) is 44.2 Å². The van der Waals surface area contributed by atoms with Crippen LogP contribution in [0.4, 0.5) is 4.39 Å². The molecule has 4 aromatic rings. The molecule has 0 bridgehead atoms. The van der Waals surface area contributed by atoms with Gasteiger partial charge < -0.3 is 10.6 Å². The van der Waals surface area contributed by atoms with Crippen molar-refractivity contribution in [2.24, 2.45) is 0 Å². The predicted octanol–water partition coefficient (Wildman–Crippen LogP) is 4.60. The van der Waals surface area contributed by atoms with E-state index in [-0.39, 0.29) is 22.9 Å². The van der Waals surface area contributed by atoms with E-state index in [1.54, 1.807) is 30.5 Å². The number of allylic oxidation sites excluding steroid dienone is 5. The Kier molecular flexibility index (Phi) is 7.04. The number of aromatic nitrogens is 3. The highest BCUT2D eigenvalue weighted by Crippen LogP contribution is 2.28. The Morgan fingerprint density at radius 1 is 1.00 bits per heavy atom. The molecular weight excluding hydrogens is 509 g/mol. The van der Waals surface area contributed by atoms with Crippen LogP contribution in [0.3, 0.4) is 0 Å². The number of pyridine rings is 2. The zero-order valence-electron chi connectivity index (χ0n) is 22.3. The fraction of sp³-hybridized carbons (Fsp3) is 0.161. The highest BCUT2D eigenvalue weighted by atomic mass is 19.1. The molecule has 0 fully saturated rings. The molecule has 1 aliphatic rings. The first-order valence-electron chi connectivity index (χ1n) is 12.8. The summed E-state index contributed by atoms with van der Waals surface area (Å²) >= 11 is 0. The van der Waals surface area contributed by atoms with Gasteiger partial charge in [-0.1, -0.05) is 30.4 Å². The second-order valence-electron chi connectivity index (χ2n) is 9.94. The SMILES string of the molecule is CNC(=O)c1c(-c2ccc(F)cc2)nn2ccc(-n3cc(C(=O)NC(C)(C)C4=CC=CC=CC4)ccc3=O)cc12. The van der Waals surface area contributed by atoms with Gasteiger partial charge in [0.2, 0.25) is 0 Å². The monoisotopic (exact) mass is 537 g/mol. The number of hydrogen-bond acceptors (Lipinski definition) is 4. The Balaban J connectivity index is 1.54. The molecule has 3 aromatic heterocycles. The van der Waals surface area contributed by atoms with Crippen LogP contribution in [0.15, 0.2) is 102 Å². The van der Waals surface area contributed by atoms with Gasteiger partial charge >= 0.3 is 0 Å². The van der Waals surface area contributed by atoms with E-state index in [4.69, 9.17) is 0 Å². The summed E-state index contributed by atoms with van der Waals surface area (Å²) in [6.07, 6.45) is 13.7. The molecule has 0 unspecified atom stereocenters. The Hall–Kier alpha value is -5.05. The molecule has 0 spiro atoms. The van der Waals surface area contributed by atoms with Crippen molar-refractivity contribution in [2.45, 2.75) is 25.8 Å². The minimum absolute atomic E-state index is 0.277. The Labute approximate surface area is 230 Å². The second-order valence-corrected chi connectivity index (χ2v) is 9.94. The van der Waals surface area contributed by atoms with E-state index in [0.717, 1.165) is 5.57 Å². The first-order valence-corrected chi connectivity index (χ1v) is 12.8. The number of carbonyl (C=O) groups excluding carboxylic acids is 2. The van der Waals surface area contributed by atoms with Gasteiger partial charge in [-0.3, -0.25) is 19.0 Å². The van der Waals surface area contributed by atoms with Gasteiger partial charge in [-0.2, -0.15) is 5.10 Å². The zero-order valence-corrected chi connectivity index (χ0v) is 22.3. The molecule has 0 aliphatic heterocycles. The largest absolute Gasteiger partial charge is 0.355 e. The Morgan fingerprint density at radius 3 is 2.52 bits per heavy atom. The van der Waals surface area contributed by atoms with Crippen LogP contribution in [0, 0.1) is 5.82 Å². The maximum absolute atomic E-state index is 13.5. The summed E-state index contributed by atoms with van der Waals surface area (Å²) < 4.78 is 16.4. The smallest absolute Gasteiger partial charge is 0.255 e. The van der Waals surface area contributed by atoms with Crippen molar-refractivity contribution in [3.05, 3.63) is 124 Å². The quantitative estimate of drug-likeness (QED) is 0.376. The van der Waals surface area contributed by atoms with Crippen LogP contribution < -0.4 is 16.2 Å². The maximum atomic E-state index is 13.5. The van der Waals surface area contributed by atoms with E-state index >= 15 is 0 Å². The highest BCUT2D eigenvalue weighted by Gasteiger charge is 2.26. The summed E-state index contributed by atoms with van der Waals surface area (Å²) in [7, 11) is 1.51. The number of fused-ring (bicyclic) bond motifs is 1. The van der Waals surface area contributed by atoms with Crippen molar-refractivity contribution in [2.75, 3.05) is 7.05 Å². The van der Waals surface area contributed by atoms with Crippen molar-refractivity contribution >= 4 is 17.3 Å². The molecule has 0 atom stereocenters. The number of halogens is 1. The van der Waals surface area contributed by atoms with E-state index in [2.05, 4.69) is 15.7 Å². The van der Waals surface area contributed by atoms with E-state index < -0.39 is 11.4 Å². The average molecular weight is 538 g/mol. The molecule has 5 rings (SSSR count). The van der Waals surface area contributed by atoms with Gasteiger partial charge in [-0.15, -0.1) is 0 Å². The molecule has 3 heterocycles. The first-order chi connectivity index (χ1) is 19.2. The van der Waals surface area contributed by atoms with Gasteiger partial charge in [0.25, 0.3) is 17.4 Å². The van der Waals surface area contributed by atoms with Gasteiger partial charge in [0.05, 0.1) is 27.9 Å². The third-order valence-electron chi connectivity index (χ3n) is 6.86. The third kappa shape index (κ3) is 5.13. The van der Waals surface area contributed by atoms with Crippen LogP contribution in [0.2, 0.25) is 0 Å². The van der Waals surface area contributed by atoms with E-state index in [0.29, 0.717) is 34.4 Å². The molecule has 2 N–H and O–H groups in total. The number of carbonyl (C=O) groups is 2. The molecule has 202 valence electrons. The number of amides is 2. The Morgan fingerprint density at radius 2 is 1.77 bits per heavy atom. The Bertz CT molecular complexity index is 1770. The molecule has 9 heteroatoms. The van der Waals surface area contributed by atoms with E-state index in [9.17, 15) is 18.8 Å². The molecule has 2 amide bonds. The number of rotatable bonds is 6. The van der Waals surface area contributed by atoms with E-state index in [1.165, 1.54) is 46.6 Å². The van der Waals surface area contributed by atoms with Gasteiger partial charge in [0.1, 0.15) is 11.5 Å². The van der Waals surface area contributed by atoms with Crippen LogP contribution in [-0.2, 0) is 0 Å². The number of nitrogens with zero attached hydrogens (tertiary/aromatic N) is 3. The zero-order chi connectivity index (χ0) is 28.4. The summed E-state index contributed by atoms with van der Waals surface area (Å²) in [6, 6.07) is 11.9. The lowest BCUT2D eigenvalue weighted by atomic mass is 9.90. The lowest BCUT2D eigenvalue weighted by Crippen LogP contribution is -2.45. The summed E-state index contributed by atoms with van der Waals surface area (Å²) in [5, 5.41) is 10.2. The molecule has 1 aliphatic carbocycles. The standard InChI is InChI=1S/C31H28FN5O3/c1-31(2,22-8-6-4-5-7-9-22)34-29(39)21-12-15-26(38)36(19-21)24-16-17-37-25(18-24)27(30(40)33-3)28(35-37)20-10-13-23(32)14-11-20/h4-8,10-19H,9H2,1-3H3,(H,33,40)(H,34,39). The lowest BCUT2D eigenvalue weighted by Gasteiger charge is -2.29. The summed E-state index contributed by atoms with van der Waals surface area (Å²) in [5.41, 5.74) is 2.50. The molecule has 0 radical (unpaired) electrons. The molecule has 0 saturated carbocycles. The minimum atomic E-state index is -0.618. The van der Waals surface area contributed by atoms with Crippen molar-refractivity contribution < 1.29 is 14.0 Å². The molecule has 0 saturated heterocycles. The first kappa shape index (κ1) is 26.6. The fourth-order valence-corrected chi connectivity index (χ4v) is 4.64. The van der Waals surface area contributed by atoms with Crippen LogP contribution >= 0.6 is 0 Å². The topological polar surface area (TPSA) is 97.5 Å². The number of hydrogen-bond donors (Lipinski definition) is 2. The van der Waals surface area contributed by atoms with Gasteiger partial charge in [0, 0.05) is 31.1 Å². The van der Waals surface area contributed by atoms with Crippen molar-refractivity contribution in [3.8, 4) is 16.9 Å². The van der Waals surface area contributed by atoms with Crippen LogP contribution in [0.25, 0.3) is 22.5 Å². The fourth-order valence-electron chi connectivity index (χ4n) is 4.64. The number of nitrogens with one attached hydrogen (secondary N) is 2. The normalized spacial score (nSPS) is 13.2. The summed E-state index contributed by atoms with van der Waals surface area (Å²) in [5.74, 6) is -1.11. The minimum Gasteiger partial charge on any atom is -0.355 e. The van der Waals surface area contributed by atoms with Gasteiger partial charge in [-0.25, -0.2) is 8.91 Å². The third-order valence-corrected chi connectivity index (χ3v) is 6.86. The lowest BCUT2D eigenvalue weighted by molar-refractivity contribution is 0.0921. The second kappa shape index (κ2) is 10.6. The summed E-state index contributed by atoms with van der Waals surface area (Å²) in [6.45, 7) is 3.87. The van der Waals surface area contributed by atoms with Crippen LogP contribution in [-0.4, -0.2) is 38.6 Å². The summed E-state index contributed by atoms with van der Waals surface area (Å²) in [4.78, 5) is 39.1. The van der Waals surface area contributed by atoms with Gasteiger partial charge in [0.15, 0.2) is 0 Å². The maximum Gasteiger partial charge on any atom is 0.255 e. The molecular formula is C31H28FN5O3. The van der Waals surface area contributed by atoms with Crippen LogP contribution in [0.1, 0.15) is 41.0 Å².